The summed E-state index contributed by atoms with van der Waals surface area (Å²) in [4.78, 5) is 0. The van der Waals surface area contributed by atoms with E-state index in [0.29, 0.717) is 13.2 Å². The second-order valence-corrected chi connectivity index (χ2v) is 7.87. The number of alkyl halides is 1. The molecule has 4 heteroatoms. The van der Waals surface area contributed by atoms with Crippen LogP contribution in [-0.4, -0.2) is 37.9 Å². The van der Waals surface area contributed by atoms with Crippen LogP contribution in [0.5, 0.6) is 0 Å². The van der Waals surface area contributed by atoms with E-state index in [1.165, 1.54) is 10.6 Å². The van der Waals surface area contributed by atoms with Gasteiger partial charge in [0.15, 0.2) is 0 Å². The second kappa shape index (κ2) is 10.9. The van der Waals surface area contributed by atoms with Gasteiger partial charge in [0.2, 0.25) is 0 Å². The summed E-state index contributed by atoms with van der Waals surface area (Å²) in [7, 11) is -0.352. The standard InChI is InChI=1S/C18H22BrO2P/c19-11-12-20-13-14-21-15-16-22(17-7-3-1-4-8-17)18-9-5-2-6-10-18/h1-10H,11-16H2. The van der Waals surface area contributed by atoms with E-state index in [-0.39, 0.29) is 7.92 Å². The fourth-order valence-electron chi connectivity index (χ4n) is 2.16. The highest BCUT2D eigenvalue weighted by molar-refractivity contribution is 9.09. The highest BCUT2D eigenvalue weighted by atomic mass is 79.9. The van der Waals surface area contributed by atoms with Gasteiger partial charge >= 0.3 is 0 Å². The molecule has 22 heavy (non-hydrogen) atoms. The zero-order valence-electron chi connectivity index (χ0n) is 12.7. The van der Waals surface area contributed by atoms with E-state index in [2.05, 4.69) is 76.6 Å². The molecular formula is C18H22BrO2P. The lowest BCUT2D eigenvalue weighted by atomic mass is 10.4. The third kappa shape index (κ3) is 6.18. The lowest BCUT2D eigenvalue weighted by Gasteiger charge is -2.18. The van der Waals surface area contributed by atoms with Crippen LogP contribution in [0.25, 0.3) is 0 Å². The smallest absolute Gasteiger partial charge is 0.0700 e. The molecule has 0 saturated heterocycles. The molecule has 0 heterocycles. The topological polar surface area (TPSA) is 18.5 Å². The molecule has 118 valence electrons. The Bertz CT molecular complexity index is 468. The van der Waals surface area contributed by atoms with Crippen molar-refractivity contribution in [3.8, 4) is 0 Å². The molecule has 0 radical (unpaired) electrons. The minimum atomic E-state index is -0.352. The number of benzene rings is 2. The molecule has 0 bridgehead atoms. The summed E-state index contributed by atoms with van der Waals surface area (Å²) < 4.78 is 11.1. The van der Waals surface area contributed by atoms with Crippen molar-refractivity contribution >= 4 is 34.5 Å². The minimum Gasteiger partial charge on any atom is -0.379 e. The van der Waals surface area contributed by atoms with Gasteiger partial charge in [-0.1, -0.05) is 76.6 Å². The van der Waals surface area contributed by atoms with Gasteiger partial charge in [-0.25, -0.2) is 0 Å². The Labute approximate surface area is 142 Å². The van der Waals surface area contributed by atoms with Crippen LogP contribution in [0.15, 0.2) is 60.7 Å². The van der Waals surface area contributed by atoms with Crippen LogP contribution < -0.4 is 10.6 Å². The van der Waals surface area contributed by atoms with E-state index < -0.39 is 0 Å². The highest BCUT2D eigenvalue weighted by Crippen LogP contribution is 2.32. The largest absolute Gasteiger partial charge is 0.379 e. The molecule has 2 aromatic carbocycles. The molecule has 2 rings (SSSR count). The maximum Gasteiger partial charge on any atom is 0.0700 e. The van der Waals surface area contributed by atoms with Crippen molar-refractivity contribution in [2.24, 2.45) is 0 Å². The first-order valence-electron chi connectivity index (χ1n) is 7.51. The molecule has 0 amide bonds. The third-order valence-electron chi connectivity index (χ3n) is 3.19. The number of hydrogen-bond donors (Lipinski definition) is 0. The Kier molecular flexibility index (Phi) is 8.74. The van der Waals surface area contributed by atoms with Gasteiger partial charge in [0.05, 0.1) is 26.4 Å². The van der Waals surface area contributed by atoms with Crippen LogP contribution in [0.1, 0.15) is 0 Å². The van der Waals surface area contributed by atoms with Crippen molar-refractivity contribution < 1.29 is 9.47 Å². The number of halogens is 1. The Morgan fingerprint density at radius 1 is 0.682 bits per heavy atom. The molecule has 0 saturated carbocycles. The van der Waals surface area contributed by atoms with Crippen molar-refractivity contribution in [3.63, 3.8) is 0 Å². The number of hydrogen-bond acceptors (Lipinski definition) is 2. The van der Waals surface area contributed by atoms with Crippen molar-refractivity contribution in [1.82, 2.24) is 0 Å². The predicted molar refractivity (Wildman–Crippen MR) is 99.4 cm³/mol. The maximum atomic E-state index is 5.73. The Morgan fingerprint density at radius 2 is 1.18 bits per heavy atom. The van der Waals surface area contributed by atoms with Gasteiger partial charge in [0.1, 0.15) is 0 Å². The second-order valence-electron chi connectivity index (χ2n) is 4.74. The Morgan fingerprint density at radius 3 is 1.68 bits per heavy atom. The molecule has 0 fully saturated rings. The highest BCUT2D eigenvalue weighted by Gasteiger charge is 2.12. The summed E-state index contributed by atoms with van der Waals surface area (Å²) in [6, 6.07) is 21.5. The van der Waals surface area contributed by atoms with Crippen molar-refractivity contribution in [2.45, 2.75) is 0 Å². The first-order chi connectivity index (χ1) is 10.9. The van der Waals surface area contributed by atoms with Crippen LogP contribution in [-0.2, 0) is 9.47 Å². The summed E-state index contributed by atoms with van der Waals surface area (Å²) in [5.74, 6) is 0. The normalized spacial score (nSPS) is 11.0. The van der Waals surface area contributed by atoms with Crippen LogP contribution in [0.2, 0.25) is 0 Å². The molecule has 0 aliphatic rings. The molecule has 0 N–H and O–H groups in total. The Hall–Kier alpha value is -0.730. The zero-order chi connectivity index (χ0) is 15.5. The minimum absolute atomic E-state index is 0.352. The van der Waals surface area contributed by atoms with Gasteiger partial charge in [-0.2, -0.15) is 0 Å². The van der Waals surface area contributed by atoms with Crippen molar-refractivity contribution in [3.05, 3.63) is 60.7 Å². The first-order valence-corrected chi connectivity index (χ1v) is 10.2. The molecule has 0 aromatic heterocycles. The average molecular weight is 381 g/mol. The molecule has 2 nitrogen and oxygen atoms in total. The molecular weight excluding hydrogens is 359 g/mol. The molecule has 0 spiro atoms. The molecule has 0 unspecified atom stereocenters. The van der Waals surface area contributed by atoms with Crippen LogP contribution in [0, 0.1) is 0 Å². The lowest BCUT2D eigenvalue weighted by molar-refractivity contribution is 0.0606. The fraction of sp³-hybridized carbons (Fsp3) is 0.333. The summed E-state index contributed by atoms with van der Waals surface area (Å²) in [6.07, 6.45) is 1.04. The third-order valence-corrected chi connectivity index (χ3v) is 5.98. The first kappa shape index (κ1) is 17.6. The summed E-state index contributed by atoms with van der Waals surface area (Å²) in [6.45, 7) is 2.84. The fourth-order valence-corrected chi connectivity index (χ4v) is 4.57. The maximum absolute atomic E-state index is 5.73. The quantitative estimate of drug-likeness (QED) is 0.356. The van der Waals surface area contributed by atoms with Gasteiger partial charge in [-0.15, -0.1) is 0 Å². The van der Waals surface area contributed by atoms with Gasteiger partial charge < -0.3 is 9.47 Å². The molecule has 0 aliphatic heterocycles. The SMILES string of the molecule is BrCCOCCOCCP(c1ccccc1)c1ccccc1. The molecule has 2 aromatic rings. The summed E-state index contributed by atoms with van der Waals surface area (Å²) in [5.41, 5.74) is 0. The average Bonchev–Trinajstić information content (AvgIpc) is 2.59. The summed E-state index contributed by atoms with van der Waals surface area (Å²) in [5, 5.41) is 3.69. The van der Waals surface area contributed by atoms with Crippen molar-refractivity contribution in [1.29, 1.82) is 0 Å². The van der Waals surface area contributed by atoms with E-state index in [1.807, 2.05) is 0 Å². The number of rotatable bonds is 10. The van der Waals surface area contributed by atoms with Crippen LogP contribution in [0.4, 0.5) is 0 Å². The van der Waals surface area contributed by atoms with Gasteiger partial charge in [0.25, 0.3) is 0 Å². The summed E-state index contributed by atoms with van der Waals surface area (Å²) >= 11 is 3.34. The van der Waals surface area contributed by atoms with Crippen LogP contribution in [0.3, 0.4) is 0 Å². The van der Waals surface area contributed by atoms with Crippen LogP contribution >= 0.6 is 23.9 Å². The number of ether oxygens (including phenoxy) is 2. The van der Waals surface area contributed by atoms with E-state index in [0.717, 1.165) is 24.7 Å². The lowest BCUT2D eigenvalue weighted by Crippen LogP contribution is -2.17. The monoisotopic (exact) mass is 380 g/mol. The van der Waals surface area contributed by atoms with E-state index >= 15 is 0 Å². The van der Waals surface area contributed by atoms with E-state index in [9.17, 15) is 0 Å². The van der Waals surface area contributed by atoms with Gasteiger partial charge in [-0.05, 0) is 24.7 Å². The van der Waals surface area contributed by atoms with Gasteiger partial charge in [0, 0.05) is 5.33 Å². The Balaban J connectivity index is 1.87. The predicted octanol–water partition coefficient (Wildman–Crippen LogP) is 3.55. The van der Waals surface area contributed by atoms with E-state index in [4.69, 9.17) is 9.47 Å². The zero-order valence-corrected chi connectivity index (χ0v) is 15.1. The van der Waals surface area contributed by atoms with Gasteiger partial charge in [-0.3, -0.25) is 0 Å². The van der Waals surface area contributed by atoms with Crippen molar-refractivity contribution in [2.75, 3.05) is 37.9 Å². The molecule has 0 aliphatic carbocycles. The molecule has 0 atom stereocenters. The van der Waals surface area contributed by atoms with E-state index in [1.54, 1.807) is 0 Å².